The van der Waals surface area contributed by atoms with E-state index < -0.39 is 0 Å². The summed E-state index contributed by atoms with van der Waals surface area (Å²) in [6.07, 6.45) is 1.83. The van der Waals surface area contributed by atoms with Gasteiger partial charge in [0.15, 0.2) is 0 Å². The number of nitrogens with zero attached hydrogens (tertiary/aromatic N) is 3. The third-order valence-electron chi connectivity index (χ3n) is 3.08. The van der Waals surface area contributed by atoms with Crippen LogP contribution in [0, 0.1) is 6.92 Å². The number of nitrogens with two attached hydrogens (primary N) is 1. The van der Waals surface area contributed by atoms with Crippen LogP contribution in [0.5, 0.6) is 0 Å². The van der Waals surface area contributed by atoms with Crippen molar-refractivity contribution in [2.45, 2.75) is 19.9 Å². The molecule has 16 heavy (non-hydrogen) atoms. The normalized spacial score (nSPS) is 19.6. The average Bonchev–Trinajstić information content (AvgIpc) is 2.29. The average molecular weight is 222 g/mol. The number of nitrogen functional groups attached to an aromatic ring is 1. The monoisotopic (exact) mass is 222 g/mol. The van der Waals surface area contributed by atoms with Gasteiger partial charge in [-0.3, -0.25) is 4.90 Å². The molecule has 1 saturated heterocycles. The number of aromatic nitrogens is 2. The molecule has 2 N–H and O–H groups in total. The molecular formula is C11H18N4O. The van der Waals surface area contributed by atoms with E-state index in [1.54, 1.807) is 0 Å². The van der Waals surface area contributed by atoms with E-state index in [4.69, 9.17) is 10.5 Å². The van der Waals surface area contributed by atoms with Gasteiger partial charge in [-0.25, -0.2) is 9.97 Å². The Morgan fingerprint density at radius 2 is 2.12 bits per heavy atom. The molecule has 1 aliphatic rings. The SMILES string of the molecule is Cc1nc(N)ncc1[C@@H](C)N1CCOCC1. The zero-order valence-electron chi connectivity index (χ0n) is 9.81. The van der Waals surface area contributed by atoms with Crippen molar-refractivity contribution in [3.05, 3.63) is 17.5 Å². The summed E-state index contributed by atoms with van der Waals surface area (Å²) in [7, 11) is 0. The Hall–Kier alpha value is -1.20. The minimum Gasteiger partial charge on any atom is -0.379 e. The minimum atomic E-state index is 0.324. The highest BCUT2D eigenvalue weighted by molar-refractivity contribution is 5.26. The summed E-state index contributed by atoms with van der Waals surface area (Å²) in [5.74, 6) is 0.343. The van der Waals surface area contributed by atoms with E-state index in [1.165, 1.54) is 0 Å². The fraction of sp³-hybridized carbons (Fsp3) is 0.636. The fourth-order valence-electron chi connectivity index (χ4n) is 2.07. The predicted octanol–water partition coefficient (Wildman–Crippen LogP) is 0.760. The first-order valence-corrected chi connectivity index (χ1v) is 5.59. The molecule has 0 aromatic carbocycles. The number of hydrogen-bond acceptors (Lipinski definition) is 5. The van der Waals surface area contributed by atoms with Gasteiger partial charge in [0.1, 0.15) is 0 Å². The first-order valence-electron chi connectivity index (χ1n) is 5.59. The summed E-state index contributed by atoms with van der Waals surface area (Å²) in [5.41, 5.74) is 7.66. The highest BCUT2D eigenvalue weighted by Crippen LogP contribution is 2.22. The van der Waals surface area contributed by atoms with E-state index in [-0.39, 0.29) is 0 Å². The van der Waals surface area contributed by atoms with Crippen LogP contribution >= 0.6 is 0 Å². The van der Waals surface area contributed by atoms with E-state index in [0.29, 0.717) is 12.0 Å². The number of rotatable bonds is 2. The summed E-state index contributed by atoms with van der Waals surface area (Å²) < 4.78 is 5.34. The molecule has 1 aromatic rings. The van der Waals surface area contributed by atoms with E-state index >= 15 is 0 Å². The summed E-state index contributed by atoms with van der Waals surface area (Å²) >= 11 is 0. The largest absolute Gasteiger partial charge is 0.379 e. The Morgan fingerprint density at radius 3 is 2.75 bits per heavy atom. The molecule has 5 nitrogen and oxygen atoms in total. The summed E-state index contributed by atoms with van der Waals surface area (Å²) in [4.78, 5) is 10.6. The lowest BCUT2D eigenvalue weighted by Crippen LogP contribution is -2.38. The second kappa shape index (κ2) is 4.76. The summed E-state index contributed by atoms with van der Waals surface area (Å²) in [6, 6.07) is 0.324. The summed E-state index contributed by atoms with van der Waals surface area (Å²) in [6.45, 7) is 7.69. The maximum absolute atomic E-state index is 5.55. The Bertz CT molecular complexity index is 363. The molecule has 1 fully saturated rings. The predicted molar refractivity (Wildman–Crippen MR) is 62.0 cm³/mol. The van der Waals surface area contributed by atoms with E-state index in [9.17, 15) is 0 Å². The zero-order valence-corrected chi connectivity index (χ0v) is 9.81. The van der Waals surface area contributed by atoms with Crippen LogP contribution in [-0.2, 0) is 4.74 Å². The third-order valence-corrected chi connectivity index (χ3v) is 3.08. The van der Waals surface area contributed by atoms with Crippen molar-refractivity contribution in [1.82, 2.24) is 14.9 Å². The molecule has 0 spiro atoms. The van der Waals surface area contributed by atoms with Crippen molar-refractivity contribution < 1.29 is 4.74 Å². The van der Waals surface area contributed by atoms with E-state index in [1.807, 2.05) is 13.1 Å². The van der Waals surface area contributed by atoms with Gasteiger partial charge in [-0.05, 0) is 13.8 Å². The van der Waals surface area contributed by atoms with Gasteiger partial charge in [-0.2, -0.15) is 0 Å². The molecule has 5 heteroatoms. The van der Waals surface area contributed by atoms with Gasteiger partial charge in [0, 0.05) is 36.6 Å². The molecule has 0 amide bonds. The van der Waals surface area contributed by atoms with Crippen molar-refractivity contribution in [2.24, 2.45) is 0 Å². The van der Waals surface area contributed by atoms with E-state index in [2.05, 4.69) is 21.8 Å². The number of ether oxygens (including phenoxy) is 1. The Morgan fingerprint density at radius 1 is 1.44 bits per heavy atom. The van der Waals surface area contributed by atoms with Crippen LogP contribution in [0.1, 0.15) is 24.2 Å². The smallest absolute Gasteiger partial charge is 0.220 e. The van der Waals surface area contributed by atoms with Crippen molar-refractivity contribution in [3.8, 4) is 0 Å². The van der Waals surface area contributed by atoms with Gasteiger partial charge in [0.2, 0.25) is 5.95 Å². The molecule has 0 radical (unpaired) electrons. The van der Waals surface area contributed by atoms with Crippen LogP contribution in [0.2, 0.25) is 0 Å². The maximum atomic E-state index is 5.55. The lowest BCUT2D eigenvalue weighted by atomic mass is 10.1. The molecule has 1 aromatic heterocycles. The van der Waals surface area contributed by atoms with E-state index in [0.717, 1.165) is 37.6 Å². The number of aryl methyl sites for hydroxylation is 1. The number of anilines is 1. The molecule has 0 aliphatic carbocycles. The highest BCUT2D eigenvalue weighted by Gasteiger charge is 2.20. The number of morpholine rings is 1. The Labute approximate surface area is 95.6 Å². The van der Waals surface area contributed by atoms with Crippen LogP contribution in [0.4, 0.5) is 5.95 Å². The molecule has 0 unspecified atom stereocenters. The molecule has 1 aliphatic heterocycles. The van der Waals surface area contributed by atoms with Crippen LogP contribution in [0.25, 0.3) is 0 Å². The first-order chi connectivity index (χ1) is 7.68. The van der Waals surface area contributed by atoms with Crippen molar-refractivity contribution in [1.29, 1.82) is 0 Å². The molecule has 88 valence electrons. The molecule has 0 bridgehead atoms. The van der Waals surface area contributed by atoms with Crippen LogP contribution < -0.4 is 5.73 Å². The quantitative estimate of drug-likeness (QED) is 0.800. The molecule has 2 heterocycles. The molecule has 2 rings (SSSR count). The Kier molecular flexibility index (Phi) is 3.36. The first kappa shape index (κ1) is 11.3. The minimum absolute atomic E-state index is 0.324. The molecule has 0 saturated carbocycles. The lowest BCUT2D eigenvalue weighted by molar-refractivity contribution is 0.0196. The van der Waals surface area contributed by atoms with Gasteiger partial charge < -0.3 is 10.5 Å². The number of hydrogen-bond donors (Lipinski definition) is 1. The molecule has 1 atom stereocenters. The van der Waals surface area contributed by atoms with Gasteiger partial charge in [-0.1, -0.05) is 0 Å². The molecular weight excluding hydrogens is 204 g/mol. The second-order valence-electron chi connectivity index (χ2n) is 4.09. The standard InChI is InChI=1S/C11H18N4O/c1-8-10(7-13-11(12)14-8)9(2)15-3-5-16-6-4-15/h7,9H,3-6H2,1-2H3,(H2,12,13,14)/t9-/m1/s1. The third kappa shape index (κ3) is 2.31. The van der Waals surface area contributed by atoms with Gasteiger partial charge in [0.25, 0.3) is 0 Å². The lowest BCUT2D eigenvalue weighted by Gasteiger charge is -2.32. The van der Waals surface area contributed by atoms with Crippen LogP contribution in [0.15, 0.2) is 6.20 Å². The van der Waals surface area contributed by atoms with Gasteiger partial charge in [-0.15, -0.1) is 0 Å². The van der Waals surface area contributed by atoms with Crippen LogP contribution in [0.3, 0.4) is 0 Å². The summed E-state index contributed by atoms with van der Waals surface area (Å²) in [5, 5.41) is 0. The van der Waals surface area contributed by atoms with Crippen molar-refractivity contribution in [3.63, 3.8) is 0 Å². The zero-order chi connectivity index (χ0) is 11.5. The Balaban J connectivity index is 2.15. The fourth-order valence-corrected chi connectivity index (χ4v) is 2.07. The second-order valence-corrected chi connectivity index (χ2v) is 4.09. The van der Waals surface area contributed by atoms with Gasteiger partial charge >= 0.3 is 0 Å². The van der Waals surface area contributed by atoms with Gasteiger partial charge in [0.05, 0.1) is 13.2 Å². The van der Waals surface area contributed by atoms with Crippen molar-refractivity contribution >= 4 is 5.95 Å². The van der Waals surface area contributed by atoms with Crippen molar-refractivity contribution in [2.75, 3.05) is 32.0 Å². The van der Waals surface area contributed by atoms with Crippen LogP contribution in [-0.4, -0.2) is 41.2 Å². The maximum Gasteiger partial charge on any atom is 0.220 e. The topological polar surface area (TPSA) is 64.3 Å². The highest BCUT2D eigenvalue weighted by atomic mass is 16.5.